The van der Waals surface area contributed by atoms with Crippen molar-refractivity contribution >= 4 is 11.8 Å². The predicted octanol–water partition coefficient (Wildman–Crippen LogP) is 2.59. The highest BCUT2D eigenvalue weighted by Gasteiger charge is 1.99. The Morgan fingerprint density at radius 2 is 2.25 bits per heavy atom. The Bertz CT molecular complexity index is 250. The van der Waals surface area contributed by atoms with Crippen molar-refractivity contribution in [3.05, 3.63) is 18.3 Å². The van der Waals surface area contributed by atoms with Crippen LogP contribution in [0, 0.1) is 0 Å². The smallest absolute Gasteiger partial charge is 0.214 e. The minimum absolute atomic E-state index is 0.595. The van der Waals surface area contributed by atoms with Crippen LogP contribution < -0.4 is 4.74 Å². The predicted molar refractivity (Wildman–Crippen MR) is 51.8 cm³/mol. The van der Waals surface area contributed by atoms with E-state index in [0.29, 0.717) is 11.1 Å². The molecule has 3 heteroatoms. The minimum atomic E-state index is 0.595. The molecule has 0 atom stereocenters. The molecule has 0 bridgehead atoms. The molecule has 0 saturated heterocycles. The van der Waals surface area contributed by atoms with E-state index in [-0.39, 0.29) is 0 Å². The number of pyridine rings is 1. The molecule has 1 rings (SSSR count). The lowest BCUT2D eigenvalue weighted by molar-refractivity contribution is 0.396. The summed E-state index contributed by atoms with van der Waals surface area (Å²) in [6, 6.07) is 3.94. The lowest BCUT2D eigenvalue weighted by Gasteiger charge is -2.05. The van der Waals surface area contributed by atoms with Gasteiger partial charge in [-0.2, -0.15) is 0 Å². The Labute approximate surface area is 77.3 Å². The third-order valence-electron chi connectivity index (χ3n) is 1.29. The molecular weight excluding hydrogens is 170 g/mol. The van der Waals surface area contributed by atoms with Gasteiger partial charge >= 0.3 is 0 Å². The zero-order valence-corrected chi connectivity index (χ0v) is 8.39. The number of hydrogen-bond acceptors (Lipinski definition) is 3. The van der Waals surface area contributed by atoms with Gasteiger partial charge in [0.15, 0.2) is 0 Å². The fraction of sp³-hybridized carbons (Fsp3) is 0.444. The van der Waals surface area contributed by atoms with Gasteiger partial charge in [0.2, 0.25) is 5.88 Å². The summed E-state index contributed by atoms with van der Waals surface area (Å²) in [5, 5.41) is 0.595. The average Bonchev–Trinajstić information content (AvgIpc) is 2.03. The molecular formula is C9H13NOS. The Hall–Kier alpha value is -0.700. The van der Waals surface area contributed by atoms with E-state index in [0.717, 1.165) is 0 Å². The first kappa shape index (κ1) is 9.39. The van der Waals surface area contributed by atoms with Gasteiger partial charge in [-0.25, -0.2) is 4.98 Å². The van der Waals surface area contributed by atoms with Crippen LogP contribution in [0.25, 0.3) is 0 Å². The maximum Gasteiger partial charge on any atom is 0.214 e. The van der Waals surface area contributed by atoms with Crippen LogP contribution in [0.15, 0.2) is 23.2 Å². The van der Waals surface area contributed by atoms with Crippen molar-refractivity contribution in [1.82, 2.24) is 4.98 Å². The summed E-state index contributed by atoms with van der Waals surface area (Å²) >= 11 is 1.81. The third-order valence-corrected chi connectivity index (χ3v) is 2.28. The normalized spacial score (nSPS) is 10.3. The summed E-state index contributed by atoms with van der Waals surface area (Å²) in [5.41, 5.74) is 0. The van der Waals surface area contributed by atoms with Crippen molar-refractivity contribution in [2.24, 2.45) is 0 Å². The molecule has 0 unspecified atom stereocenters. The standard InChI is InChI=1S/C9H13NOS/c1-7(2)12-8-4-5-10-9(6-8)11-3/h4-7H,1-3H3. The van der Waals surface area contributed by atoms with Crippen molar-refractivity contribution in [2.75, 3.05) is 7.11 Å². The van der Waals surface area contributed by atoms with E-state index < -0.39 is 0 Å². The van der Waals surface area contributed by atoms with Crippen LogP contribution >= 0.6 is 11.8 Å². The van der Waals surface area contributed by atoms with Crippen molar-refractivity contribution in [1.29, 1.82) is 0 Å². The second kappa shape index (κ2) is 4.36. The van der Waals surface area contributed by atoms with Crippen LogP contribution in [0.2, 0.25) is 0 Å². The molecule has 0 fully saturated rings. The van der Waals surface area contributed by atoms with Gasteiger partial charge in [0.25, 0.3) is 0 Å². The molecule has 0 aliphatic heterocycles. The van der Waals surface area contributed by atoms with E-state index in [1.165, 1.54) is 4.90 Å². The highest BCUT2D eigenvalue weighted by atomic mass is 32.2. The van der Waals surface area contributed by atoms with Gasteiger partial charge in [-0.1, -0.05) is 13.8 Å². The van der Waals surface area contributed by atoms with E-state index in [1.807, 2.05) is 23.9 Å². The SMILES string of the molecule is COc1cc(SC(C)C)ccn1. The number of ether oxygens (including phenoxy) is 1. The first-order valence-corrected chi connectivity index (χ1v) is 4.77. The largest absolute Gasteiger partial charge is 0.481 e. The van der Waals surface area contributed by atoms with Crippen LogP contribution in [0.3, 0.4) is 0 Å². The van der Waals surface area contributed by atoms with E-state index in [1.54, 1.807) is 13.3 Å². The monoisotopic (exact) mass is 183 g/mol. The second-order valence-electron chi connectivity index (χ2n) is 2.70. The molecule has 0 saturated carbocycles. The van der Waals surface area contributed by atoms with Crippen LogP contribution in [0.1, 0.15) is 13.8 Å². The van der Waals surface area contributed by atoms with Gasteiger partial charge in [-0.15, -0.1) is 11.8 Å². The number of thioether (sulfide) groups is 1. The molecule has 0 spiro atoms. The summed E-state index contributed by atoms with van der Waals surface area (Å²) in [6.07, 6.45) is 1.77. The summed E-state index contributed by atoms with van der Waals surface area (Å²) in [6.45, 7) is 4.33. The van der Waals surface area contributed by atoms with Gasteiger partial charge in [0.05, 0.1) is 7.11 Å². The van der Waals surface area contributed by atoms with Crippen LogP contribution in [0.4, 0.5) is 0 Å². The van der Waals surface area contributed by atoms with E-state index >= 15 is 0 Å². The van der Waals surface area contributed by atoms with Crippen molar-refractivity contribution in [3.8, 4) is 5.88 Å². The maximum absolute atomic E-state index is 5.01. The summed E-state index contributed by atoms with van der Waals surface area (Å²) in [5.74, 6) is 0.681. The number of methoxy groups -OCH3 is 1. The average molecular weight is 183 g/mol. The van der Waals surface area contributed by atoms with Crippen molar-refractivity contribution < 1.29 is 4.74 Å². The minimum Gasteiger partial charge on any atom is -0.481 e. The van der Waals surface area contributed by atoms with Crippen molar-refractivity contribution in [3.63, 3.8) is 0 Å². The molecule has 1 aromatic rings. The van der Waals surface area contributed by atoms with Gasteiger partial charge in [0.1, 0.15) is 0 Å². The summed E-state index contributed by atoms with van der Waals surface area (Å²) in [4.78, 5) is 5.24. The molecule has 0 aromatic carbocycles. The molecule has 1 heterocycles. The maximum atomic E-state index is 5.01. The molecule has 0 radical (unpaired) electrons. The fourth-order valence-corrected chi connectivity index (χ4v) is 1.70. The lowest BCUT2D eigenvalue weighted by Crippen LogP contribution is -1.89. The first-order valence-electron chi connectivity index (χ1n) is 3.89. The Balaban J connectivity index is 2.72. The molecule has 0 N–H and O–H groups in total. The third kappa shape index (κ3) is 2.74. The van der Waals surface area contributed by atoms with E-state index in [9.17, 15) is 0 Å². The Kier molecular flexibility index (Phi) is 3.41. The number of hydrogen-bond donors (Lipinski definition) is 0. The quantitative estimate of drug-likeness (QED) is 0.672. The summed E-state index contributed by atoms with van der Waals surface area (Å²) < 4.78 is 5.01. The van der Waals surface area contributed by atoms with Crippen LogP contribution in [-0.4, -0.2) is 17.3 Å². The Morgan fingerprint density at radius 3 is 2.83 bits per heavy atom. The van der Waals surface area contributed by atoms with Crippen LogP contribution in [0.5, 0.6) is 5.88 Å². The fourth-order valence-electron chi connectivity index (χ4n) is 0.848. The van der Waals surface area contributed by atoms with Gasteiger partial charge in [-0.3, -0.25) is 0 Å². The van der Waals surface area contributed by atoms with E-state index in [2.05, 4.69) is 18.8 Å². The van der Waals surface area contributed by atoms with Gasteiger partial charge < -0.3 is 4.74 Å². The lowest BCUT2D eigenvalue weighted by atomic mass is 10.5. The molecule has 66 valence electrons. The van der Waals surface area contributed by atoms with E-state index in [4.69, 9.17) is 4.74 Å². The molecule has 0 aliphatic rings. The molecule has 1 aromatic heterocycles. The number of rotatable bonds is 3. The number of nitrogens with zero attached hydrogens (tertiary/aromatic N) is 1. The number of aromatic nitrogens is 1. The molecule has 0 aliphatic carbocycles. The first-order chi connectivity index (χ1) is 5.72. The molecule has 12 heavy (non-hydrogen) atoms. The van der Waals surface area contributed by atoms with Crippen LogP contribution in [-0.2, 0) is 0 Å². The highest BCUT2D eigenvalue weighted by Crippen LogP contribution is 2.24. The molecule has 2 nitrogen and oxygen atoms in total. The topological polar surface area (TPSA) is 22.1 Å². The molecule has 0 amide bonds. The highest BCUT2D eigenvalue weighted by molar-refractivity contribution is 7.99. The second-order valence-corrected chi connectivity index (χ2v) is 4.35. The zero-order valence-electron chi connectivity index (χ0n) is 7.57. The van der Waals surface area contributed by atoms with Crippen molar-refractivity contribution in [2.45, 2.75) is 24.0 Å². The summed E-state index contributed by atoms with van der Waals surface area (Å²) in [7, 11) is 1.63. The zero-order chi connectivity index (χ0) is 8.97. The van der Waals surface area contributed by atoms with Gasteiger partial charge in [0, 0.05) is 22.4 Å². The Morgan fingerprint density at radius 1 is 1.50 bits per heavy atom. The van der Waals surface area contributed by atoms with Gasteiger partial charge in [-0.05, 0) is 6.07 Å².